The van der Waals surface area contributed by atoms with Crippen molar-refractivity contribution < 1.29 is 24.2 Å². The van der Waals surface area contributed by atoms with E-state index in [9.17, 15) is 5.11 Å². The van der Waals surface area contributed by atoms with Gasteiger partial charge in [0.25, 0.3) is 0 Å². The van der Waals surface area contributed by atoms with Gasteiger partial charge in [-0.2, -0.15) is 0 Å². The molecule has 1 aromatic carbocycles. The molecule has 2 heterocycles. The van der Waals surface area contributed by atoms with E-state index in [1.54, 1.807) is 11.3 Å². The molecule has 23 heavy (non-hydrogen) atoms. The Bertz CT molecular complexity index is 617. The molecule has 1 aliphatic rings. The van der Waals surface area contributed by atoms with Gasteiger partial charge in [-0.05, 0) is 29.1 Å². The van der Waals surface area contributed by atoms with Gasteiger partial charge in [0.05, 0.1) is 25.1 Å². The molecular formula is C17H22NO4S+. The number of ether oxygens (including phenoxy) is 3. The summed E-state index contributed by atoms with van der Waals surface area (Å²) in [5.74, 6) is 1.53. The number of quaternary nitrogens is 1. The fourth-order valence-corrected chi connectivity index (χ4v) is 3.41. The molecule has 1 unspecified atom stereocenters. The topological polar surface area (TPSA) is 52.4 Å². The highest BCUT2D eigenvalue weighted by atomic mass is 32.1. The Balaban J connectivity index is 1.38. The van der Waals surface area contributed by atoms with E-state index < -0.39 is 6.10 Å². The lowest BCUT2D eigenvalue weighted by Gasteiger charge is -2.17. The number of aliphatic hydroxyl groups is 1. The summed E-state index contributed by atoms with van der Waals surface area (Å²) in [6, 6.07) is 9.93. The summed E-state index contributed by atoms with van der Waals surface area (Å²) >= 11 is 1.75. The molecule has 2 N–H and O–H groups in total. The van der Waals surface area contributed by atoms with Crippen molar-refractivity contribution in [3.8, 4) is 11.5 Å². The summed E-state index contributed by atoms with van der Waals surface area (Å²) < 4.78 is 16.2. The van der Waals surface area contributed by atoms with Crippen molar-refractivity contribution in [3.05, 3.63) is 46.2 Å². The van der Waals surface area contributed by atoms with E-state index in [0.29, 0.717) is 19.8 Å². The number of likely N-dealkylation sites (N-methyl/N-ethyl adjacent to an activating group) is 1. The zero-order valence-electron chi connectivity index (χ0n) is 13.2. The van der Waals surface area contributed by atoms with E-state index in [0.717, 1.165) is 23.6 Å². The van der Waals surface area contributed by atoms with Gasteiger partial charge in [0, 0.05) is 0 Å². The minimum Gasteiger partial charge on any atom is -0.454 e. The molecule has 0 bridgehead atoms. The van der Waals surface area contributed by atoms with E-state index in [1.165, 1.54) is 9.78 Å². The van der Waals surface area contributed by atoms with Gasteiger partial charge in [0.1, 0.15) is 19.2 Å². The van der Waals surface area contributed by atoms with Crippen LogP contribution in [0.25, 0.3) is 0 Å². The summed E-state index contributed by atoms with van der Waals surface area (Å²) in [4.78, 5) is 2.60. The van der Waals surface area contributed by atoms with Crippen LogP contribution in [0, 0.1) is 0 Å². The highest BCUT2D eigenvalue weighted by molar-refractivity contribution is 7.09. The standard InChI is InChI=1S/C17H21NO4S/c1-18(9-15-3-2-6-23-15)8-14(19)11-20-10-13-4-5-16-17(7-13)22-12-21-16/h2-7,14,19H,8-12H2,1H3/p+1/t14-/m1/s1. The van der Waals surface area contributed by atoms with E-state index in [2.05, 4.69) is 24.6 Å². The highest BCUT2D eigenvalue weighted by Gasteiger charge is 2.15. The van der Waals surface area contributed by atoms with Gasteiger partial charge < -0.3 is 24.2 Å². The van der Waals surface area contributed by atoms with Crippen molar-refractivity contribution in [2.45, 2.75) is 19.3 Å². The average molecular weight is 336 g/mol. The van der Waals surface area contributed by atoms with Crippen molar-refractivity contribution in [1.82, 2.24) is 0 Å². The first-order chi connectivity index (χ1) is 11.2. The smallest absolute Gasteiger partial charge is 0.231 e. The van der Waals surface area contributed by atoms with Crippen LogP contribution in [0.4, 0.5) is 0 Å². The minimum atomic E-state index is -0.469. The average Bonchev–Trinajstić information content (AvgIpc) is 3.17. The maximum absolute atomic E-state index is 10.1. The second kappa shape index (κ2) is 7.79. The number of fused-ring (bicyclic) bond motifs is 1. The largest absolute Gasteiger partial charge is 0.454 e. The fraction of sp³-hybridized carbons (Fsp3) is 0.412. The van der Waals surface area contributed by atoms with Crippen molar-refractivity contribution in [1.29, 1.82) is 0 Å². The van der Waals surface area contributed by atoms with Crippen LogP contribution >= 0.6 is 11.3 Å². The summed E-state index contributed by atoms with van der Waals surface area (Å²) in [5, 5.41) is 12.2. The number of aliphatic hydroxyl groups excluding tert-OH is 1. The second-order valence-corrected chi connectivity index (χ2v) is 6.81. The highest BCUT2D eigenvalue weighted by Crippen LogP contribution is 2.32. The lowest BCUT2D eigenvalue weighted by atomic mass is 10.2. The second-order valence-electron chi connectivity index (χ2n) is 5.77. The number of benzene rings is 1. The van der Waals surface area contributed by atoms with Gasteiger partial charge in [-0.15, -0.1) is 11.3 Å². The van der Waals surface area contributed by atoms with E-state index in [4.69, 9.17) is 14.2 Å². The molecule has 3 rings (SSSR count). The number of hydrogen-bond donors (Lipinski definition) is 2. The molecule has 0 fully saturated rings. The number of rotatable bonds is 8. The maximum Gasteiger partial charge on any atom is 0.231 e. The Labute approximate surface area is 140 Å². The Hall–Kier alpha value is -1.60. The maximum atomic E-state index is 10.1. The molecule has 1 aromatic heterocycles. The van der Waals surface area contributed by atoms with Crippen LogP contribution in [-0.4, -0.2) is 38.2 Å². The fourth-order valence-electron chi connectivity index (χ4n) is 2.59. The molecule has 0 amide bonds. The normalized spacial score (nSPS) is 15.6. The van der Waals surface area contributed by atoms with Crippen LogP contribution in [0.15, 0.2) is 35.7 Å². The minimum absolute atomic E-state index is 0.276. The molecule has 0 saturated carbocycles. The third kappa shape index (κ3) is 4.68. The molecule has 2 atom stereocenters. The zero-order valence-corrected chi connectivity index (χ0v) is 14.0. The Morgan fingerprint density at radius 2 is 2.17 bits per heavy atom. The Morgan fingerprint density at radius 3 is 3.00 bits per heavy atom. The lowest BCUT2D eigenvalue weighted by molar-refractivity contribution is -0.896. The van der Waals surface area contributed by atoms with Crippen LogP contribution in [0.2, 0.25) is 0 Å². The van der Waals surface area contributed by atoms with Gasteiger partial charge in [-0.25, -0.2) is 0 Å². The molecule has 0 radical (unpaired) electrons. The third-order valence-electron chi connectivity index (χ3n) is 3.66. The quantitative estimate of drug-likeness (QED) is 0.757. The Kier molecular flexibility index (Phi) is 5.51. The predicted octanol–water partition coefficient (Wildman–Crippen LogP) is 1.07. The predicted molar refractivity (Wildman–Crippen MR) is 88.0 cm³/mol. The summed E-state index contributed by atoms with van der Waals surface area (Å²) in [6.07, 6.45) is -0.469. The first-order valence-electron chi connectivity index (χ1n) is 7.69. The molecule has 2 aromatic rings. The van der Waals surface area contributed by atoms with Gasteiger partial charge >= 0.3 is 0 Å². The van der Waals surface area contributed by atoms with Gasteiger partial charge in [0.2, 0.25) is 6.79 Å². The molecular weight excluding hydrogens is 314 g/mol. The van der Waals surface area contributed by atoms with E-state index in [1.807, 2.05) is 18.2 Å². The van der Waals surface area contributed by atoms with Crippen molar-refractivity contribution in [2.75, 3.05) is 27.0 Å². The van der Waals surface area contributed by atoms with E-state index in [-0.39, 0.29) is 6.79 Å². The van der Waals surface area contributed by atoms with Gasteiger partial charge in [0.15, 0.2) is 11.5 Å². The first-order valence-corrected chi connectivity index (χ1v) is 8.56. The molecule has 0 spiro atoms. The van der Waals surface area contributed by atoms with Crippen molar-refractivity contribution >= 4 is 11.3 Å². The van der Waals surface area contributed by atoms with Crippen molar-refractivity contribution in [3.63, 3.8) is 0 Å². The van der Waals surface area contributed by atoms with Crippen LogP contribution in [0.1, 0.15) is 10.4 Å². The van der Waals surface area contributed by atoms with Crippen LogP contribution < -0.4 is 14.4 Å². The Morgan fingerprint density at radius 1 is 1.30 bits per heavy atom. The first kappa shape index (κ1) is 16.3. The van der Waals surface area contributed by atoms with Gasteiger partial charge in [-0.1, -0.05) is 12.1 Å². The van der Waals surface area contributed by atoms with Crippen LogP contribution in [0.3, 0.4) is 0 Å². The molecule has 124 valence electrons. The van der Waals surface area contributed by atoms with Crippen molar-refractivity contribution in [2.24, 2.45) is 0 Å². The summed E-state index contributed by atoms with van der Waals surface area (Å²) in [5.41, 5.74) is 1.01. The SMILES string of the molecule is C[NH+](Cc1cccs1)C[C@@H](O)COCc1ccc2c(c1)OCO2. The number of hydrogen-bond acceptors (Lipinski definition) is 5. The molecule has 1 aliphatic heterocycles. The van der Waals surface area contributed by atoms with E-state index >= 15 is 0 Å². The monoisotopic (exact) mass is 336 g/mol. The number of thiophene rings is 1. The molecule has 0 saturated heterocycles. The number of nitrogens with one attached hydrogen (secondary N) is 1. The zero-order chi connectivity index (χ0) is 16.1. The summed E-state index contributed by atoms with van der Waals surface area (Å²) in [6.45, 7) is 2.65. The molecule has 6 heteroatoms. The molecule has 0 aliphatic carbocycles. The third-order valence-corrected chi connectivity index (χ3v) is 4.53. The lowest BCUT2D eigenvalue weighted by Crippen LogP contribution is -3.08. The molecule has 5 nitrogen and oxygen atoms in total. The summed E-state index contributed by atoms with van der Waals surface area (Å²) in [7, 11) is 2.08. The van der Waals surface area contributed by atoms with Crippen LogP contribution in [-0.2, 0) is 17.9 Å². The van der Waals surface area contributed by atoms with Crippen LogP contribution in [0.5, 0.6) is 11.5 Å². The van der Waals surface area contributed by atoms with Gasteiger partial charge in [-0.3, -0.25) is 0 Å².